The average Bonchev–Trinajstić information content (AvgIpc) is 3.52. The van der Waals surface area contributed by atoms with Crippen molar-refractivity contribution < 1.29 is 33.4 Å². The summed E-state index contributed by atoms with van der Waals surface area (Å²) in [7, 11) is 0. The number of fused-ring (bicyclic) bond motifs is 3. The zero-order valence-corrected chi connectivity index (χ0v) is 22.2. The summed E-state index contributed by atoms with van der Waals surface area (Å²) in [6, 6.07) is 0. The molecule has 0 aromatic carbocycles. The van der Waals surface area contributed by atoms with Gasteiger partial charge in [-0.05, 0) is 25.3 Å². The summed E-state index contributed by atoms with van der Waals surface area (Å²) >= 11 is 0. The van der Waals surface area contributed by atoms with Gasteiger partial charge in [0.15, 0.2) is 5.69 Å². The fourth-order valence-corrected chi connectivity index (χ4v) is 4.22. The van der Waals surface area contributed by atoms with E-state index in [9.17, 15) is 24.3 Å². The molecule has 10 nitrogen and oxygen atoms in total. The van der Waals surface area contributed by atoms with Gasteiger partial charge < -0.3 is 24.5 Å². The van der Waals surface area contributed by atoms with Crippen molar-refractivity contribution in [1.29, 1.82) is 0 Å². The third kappa shape index (κ3) is 7.85. The lowest BCUT2D eigenvalue weighted by Crippen LogP contribution is -2.36. The summed E-state index contributed by atoms with van der Waals surface area (Å²) < 4.78 is 11.1. The van der Waals surface area contributed by atoms with Gasteiger partial charge in [0, 0.05) is 25.4 Å². The number of hydrogen-bond donors (Lipinski definition) is 2. The van der Waals surface area contributed by atoms with Crippen molar-refractivity contribution in [1.82, 2.24) is 15.2 Å². The van der Waals surface area contributed by atoms with Crippen molar-refractivity contribution in [2.75, 3.05) is 13.1 Å². The third-order valence-corrected chi connectivity index (χ3v) is 6.17. The summed E-state index contributed by atoms with van der Waals surface area (Å²) in [6.45, 7) is 7.68. The molecule has 2 N–H and O–H groups in total. The molecule has 2 aliphatic heterocycles. The van der Waals surface area contributed by atoms with Crippen LogP contribution in [-0.2, 0) is 25.5 Å². The number of Topliss-reactive ketones (excluding diaryl/α,β-unsaturated/α-hetero) is 1. The number of ketones is 1. The van der Waals surface area contributed by atoms with E-state index in [2.05, 4.69) is 10.3 Å². The molecule has 0 saturated heterocycles. The van der Waals surface area contributed by atoms with Crippen molar-refractivity contribution in [3.05, 3.63) is 66.1 Å². The lowest BCUT2D eigenvalue weighted by atomic mass is 9.94. The number of hydrogen-bond acceptors (Lipinski definition) is 8. The number of esters is 1. The molecule has 3 heterocycles. The van der Waals surface area contributed by atoms with Gasteiger partial charge in [0.2, 0.25) is 11.8 Å². The molecule has 0 fully saturated rings. The number of amides is 2. The molecule has 204 valence electrons. The molecular weight excluding hydrogens is 490 g/mol. The number of ether oxygens (including phenoxy) is 1. The molecule has 3 atom stereocenters. The average molecular weight is 526 g/mol. The van der Waals surface area contributed by atoms with Gasteiger partial charge in [-0.15, -0.1) is 0 Å². The Morgan fingerprint density at radius 3 is 2.66 bits per heavy atom. The molecule has 0 spiro atoms. The Morgan fingerprint density at radius 2 is 1.92 bits per heavy atom. The topological polar surface area (TPSA) is 139 Å². The number of carbonyl (C=O) groups excluding carboxylic acids is 4. The summed E-state index contributed by atoms with van der Waals surface area (Å²) in [4.78, 5) is 56.3. The van der Waals surface area contributed by atoms with Crippen molar-refractivity contribution in [2.24, 2.45) is 11.8 Å². The zero-order chi connectivity index (χ0) is 27.9. The number of rotatable bonds is 1. The van der Waals surface area contributed by atoms with E-state index in [1.807, 2.05) is 20.8 Å². The fraction of sp³-hybridized carbons (Fsp3) is 0.464. The van der Waals surface area contributed by atoms with E-state index in [4.69, 9.17) is 9.15 Å². The molecule has 2 bridgehead atoms. The van der Waals surface area contributed by atoms with E-state index in [1.54, 1.807) is 25.2 Å². The van der Waals surface area contributed by atoms with Gasteiger partial charge in [0.1, 0.15) is 23.8 Å². The minimum atomic E-state index is -1.32. The monoisotopic (exact) mass is 525 g/mol. The van der Waals surface area contributed by atoms with Gasteiger partial charge in [0.25, 0.3) is 5.91 Å². The first kappa shape index (κ1) is 28.8. The van der Waals surface area contributed by atoms with Crippen LogP contribution in [0.5, 0.6) is 0 Å². The van der Waals surface area contributed by atoms with Crippen molar-refractivity contribution >= 4 is 23.6 Å². The summed E-state index contributed by atoms with van der Waals surface area (Å²) in [6.07, 6.45) is 11.8. The maximum atomic E-state index is 13.1. The van der Waals surface area contributed by atoms with Crippen LogP contribution >= 0.6 is 0 Å². The number of carbonyl (C=O) groups is 4. The predicted octanol–water partition coefficient (Wildman–Crippen LogP) is 2.66. The Labute approximate surface area is 222 Å². The number of allylic oxidation sites excluding steroid dienone is 1. The van der Waals surface area contributed by atoms with Crippen LogP contribution in [0.1, 0.15) is 56.9 Å². The molecule has 2 aliphatic rings. The van der Waals surface area contributed by atoms with Gasteiger partial charge in [0.05, 0.1) is 12.0 Å². The molecule has 1 aromatic rings. The Balaban J connectivity index is 1.86. The third-order valence-electron chi connectivity index (χ3n) is 6.17. The van der Waals surface area contributed by atoms with Crippen LogP contribution in [0.25, 0.3) is 0 Å². The first-order chi connectivity index (χ1) is 18.0. The number of nitrogens with zero attached hydrogens (tertiary/aromatic N) is 2. The van der Waals surface area contributed by atoms with E-state index >= 15 is 0 Å². The molecule has 0 radical (unpaired) electrons. The predicted molar refractivity (Wildman–Crippen MR) is 139 cm³/mol. The van der Waals surface area contributed by atoms with Crippen LogP contribution in [0, 0.1) is 11.8 Å². The highest BCUT2D eigenvalue weighted by Crippen LogP contribution is 2.24. The lowest BCUT2D eigenvalue weighted by molar-refractivity contribution is -0.149. The highest BCUT2D eigenvalue weighted by molar-refractivity contribution is 6.00. The molecule has 0 aliphatic carbocycles. The molecule has 10 heteroatoms. The second-order valence-electron chi connectivity index (χ2n) is 9.99. The van der Waals surface area contributed by atoms with Crippen molar-refractivity contribution in [3.8, 4) is 0 Å². The molecule has 1 unspecified atom stereocenters. The van der Waals surface area contributed by atoms with Crippen LogP contribution in [0.3, 0.4) is 0 Å². The van der Waals surface area contributed by atoms with Crippen molar-refractivity contribution in [2.45, 2.75) is 58.7 Å². The highest BCUT2D eigenvalue weighted by atomic mass is 16.5. The van der Waals surface area contributed by atoms with E-state index in [1.165, 1.54) is 35.5 Å². The summed E-state index contributed by atoms with van der Waals surface area (Å²) in [5.74, 6) is -1.98. The highest BCUT2D eigenvalue weighted by Gasteiger charge is 2.33. The number of aliphatic hydroxyl groups is 1. The molecule has 3 rings (SSSR count). The molecule has 38 heavy (non-hydrogen) atoms. The quantitative estimate of drug-likeness (QED) is 0.421. The standard InChI is InChI=1S/C28H35N3O7/c1-18(2)25-19(3)10-11-23(33)29-14-7-13-28(4,36)12-5-8-20(32)16-24-30-21(17-37-24)26(34)31-15-6-9-22(31)27(35)38-25/h5,7,9-13,17-19,25,36H,6,8,14-16H2,1-4H3,(H,29,33)/b11-10+,12-5-,13-7+/t19-,25-,28?/m1/s1. The SMILES string of the molecule is CC(C)[C@H]1OC(=O)C2=CCCN2C(=O)c2coc(n2)CC(=O)C/C=C\C(C)(O)/C=C/CNC(=O)/C=C/[C@H]1C. The van der Waals surface area contributed by atoms with Gasteiger partial charge in [-0.1, -0.05) is 57.2 Å². The number of nitrogens with one attached hydrogen (secondary N) is 1. The first-order valence-corrected chi connectivity index (χ1v) is 12.7. The maximum Gasteiger partial charge on any atom is 0.355 e. The Hall–Kier alpha value is -3.79. The first-order valence-electron chi connectivity index (χ1n) is 12.7. The second-order valence-corrected chi connectivity index (χ2v) is 9.99. The van der Waals surface area contributed by atoms with Gasteiger partial charge in [-0.25, -0.2) is 9.78 Å². The molecule has 1 aromatic heterocycles. The van der Waals surface area contributed by atoms with Crippen molar-refractivity contribution in [3.63, 3.8) is 0 Å². The molecule has 0 saturated carbocycles. The van der Waals surface area contributed by atoms with Gasteiger partial charge in [-0.3, -0.25) is 14.4 Å². The summed E-state index contributed by atoms with van der Waals surface area (Å²) in [5, 5.41) is 13.2. The molecular formula is C28H35N3O7. The van der Waals surface area contributed by atoms with Gasteiger partial charge in [-0.2, -0.15) is 0 Å². The summed E-state index contributed by atoms with van der Waals surface area (Å²) in [5.41, 5.74) is -1.21. The van der Waals surface area contributed by atoms with Crippen LogP contribution in [0.4, 0.5) is 0 Å². The van der Waals surface area contributed by atoms with Crippen LogP contribution in [0.15, 0.2) is 58.9 Å². The minimum Gasteiger partial charge on any atom is -0.457 e. The Kier molecular flexibility index (Phi) is 9.57. The van der Waals surface area contributed by atoms with E-state index in [0.29, 0.717) is 6.42 Å². The number of aromatic nitrogens is 1. The van der Waals surface area contributed by atoms with Crippen LogP contribution in [0.2, 0.25) is 0 Å². The van der Waals surface area contributed by atoms with Gasteiger partial charge >= 0.3 is 5.97 Å². The van der Waals surface area contributed by atoms with Crippen LogP contribution in [-0.4, -0.2) is 63.4 Å². The minimum absolute atomic E-state index is 0.0156. The van der Waals surface area contributed by atoms with Crippen LogP contribution < -0.4 is 5.32 Å². The lowest BCUT2D eigenvalue weighted by Gasteiger charge is -2.27. The van der Waals surface area contributed by atoms with E-state index < -0.39 is 23.6 Å². The smallest absolute Gasteiger partial charge is 0.355 e. The molecule has 2 amide bonds. The normalized spacial score (nSPS) is 28.8. The van der Waals surface area contributed by atoms with E-state index in [0.717, 1.165) is 0 Å². The second kappa shape index (κ2) is 12.6. The fourth-order valence-electron chi connectivity index (χ4n) is 4.22. The Bertz CT molecular complexity index is 1170. The zero-order valence-electron chi connectivity index (χ0n) is 22.2. The largest absolute Gasteiger partial charge is 0.457 e. The maximum absolute atomic E-state index is 13.1. The Morgan fingerprint density at radius 1 is 1.18 bits per heavy atom. The number of cyclic esters (lactones) is 1. The number of oxazole rings is 1. The van der Waals surface area contributed by atoms with E-state index in [-0.39, 0.29) is 66.7 Å².